The number of carbonyl (C=O) groups is 2. The molecule has 128 valence electrons. The van der Waals surface area contributed by atoms with Crippen LogP contribution in [-0.2, 0) is 9.53 Å². The van der Waals surface area contributed by atoms with Crippen LogP contribution in [0.2, 0.25) is 0 Å². The lowest BCUT2D eigenvalue weighted by molar-refractivity contribution is -0.144. The predicted molar refractivity (Wildman–Crippen MR) is 88.2 cm³/mol. The molecule has 0 aliphatic heterocycles. The molecule has 0 radical (unpaired) electrons. The van der Waals surface area contributed by atoms with Gasteiger partial charge in [-0.25, -0.2) is 0 Å². The molecule has 6 nitrogen and oxygen atoms in total. The van der Waals surface area contributed by atoms with E-state index in [-0.39, 0.29) is 24.5 Å². The number of hydrogen-bond acceptors (Lipinski definition) is 5. The van der Waals surface area contributed by atoms with E-state index in [9.17, 15) is 9.59 Å². The molecule has 0 spiro atoms. The van der Waals surface area contributed by atoms with Gasteiger partial charge < -0.3 is 18.8 Å². The largest absolute Gasteiger partial charge is 0.497 e. The van der Waals surface area contributed by atoms with E-state index in [1.807, 2.05) is 0 Å². The lowest BCUT2D eigenvalue weighted by Gasteiger charge is -2.21. The molecule has 0 bridgehead atoms. The zero-order valence-corrected chi connectivity index (χ0v) is 14.1. The van der Waals surface area contributed by atoms with Crippen LogP contribution in [0.25, 0.3) is 11.0 Å². The zero-order valence-electron chi connectivity index (χ0n) is 14.1. The van der Waals surface area contributed by atoms with Crippen molar-refractivity contribution in [2.45, 2.75) is 32.7 Å². The maximum absolute atomic E-state index is 13.1. The molecule has 24 heavy (non-hydrogen) atoms. The first-order valence-corrected chi connectivity index (χ1v) is 8.08. The smallest absolute Gasteiger partial charge is 0.325 e. The van der Waals surface area contributed by atoms with Gasteiger partial charge in [0, 0.05) is 11.4 Å². The molecule has 1 saturated carbocycles. The number of esters is 1. The number of ether oxygens (including phenoxy) is 2. The molecule has 1 aromatic carbocycles. The van der Waals surface area contributed by atoms with Crippen LogP contribution < -0.4 is 4.74 Å². The second-order valence-electron chi connectivity index (χ2n) is 5.86. The van der Waals surface area contributed by atoms with Gasteiger partial charge in [-0.3, -0.25) is 9.59 Å². The molecule has 0 N–H and O–H groups in total. The van der Waals surface area contributed by atoms with Crippen LogP contribution in [0.15, 0.2) is 22.6 Å². The Hall–Kier alpha value is -2.50. The van der Waals surface area contributed by atoms with Gasteiger partial charge in [-0.15, -0.1) is 0 Å². The Morgan fingerprint density at radius 2 is 2.08 bits per heavy atom. The lowest BCUT2D eigenvalue weighted by Crippen LogP contribution is -2.38. The summed E-state index contributed by atoms with van der Waals surface area (Å²) < 4.78 is 15.9. The van der Waals surface area contributed by atoms with E-state index in [4.69, 9.17) is 13.9 Å². The third-order valence-electron chi connectivity index (χ3n) is 4.14. The van der Waals surface area contributed by atoms with Crippen molar-refractivity contribution in [3.63, 3.8) is 0 Å². The van der Waals surface area contributed by atoms with Gasteiger partial charge in [0.1, 0.15) is 23.6 Å². The van der Waals surface area contributed by atoms with Gasteiger partial charge in [0.2, 0.25) is 0 Å². The highest BCUT2D eigenvalue weighted by atomic mass is 16.5. The van der Waals surface area contributed by atoms with E-state index in [0.29, 0.717) is 34.6 Å². The average molecular weight is 331 g/mol. The Labute approximate surface area is 140 Å². The fourth-order valence-corrected chi connectivity index (χ4v) is 2.83. The van der Waals surface area contributed by atoms with Crippen molar-refractivity contribution < 1.29 is 23.5 Å². The molecule has 1 aliphatic rings. The Balaban J connectivity index is 1.96. The first-order valence-electron chi connectivity index (χ1n) is 8.08. The highest BCUT2D eigenvalue weighted by Crippen LogP contribution is 2.33. The van der Waals surface area contributed by atoms with Crippen molar-refractivity contribution in [1.82, 2.24) is 4.90 Å². The van der Waals surface area contributed by atoms with Crippen molar-refractivity contribution in [3.05, 3.63) is 29.5 Å². The summed E-state index contributed by atoms with van der Waals surface area (Å²) in [5.74, 6) is 0.606. The number of rotatable bonds is 6. The monoisotopic (exact) mass is 331 g/mol. The fraction of sp³-hybridized carbons (Fsp3) is 0.444. The SMILES string of the molecule is CCOC(=O)CN(C(=O)c1c(C)oc2ccc(OC)cc12)C1CC1. The number of aryl methyl sites for hydroxylation is 1. The van der Waals surface area contributed by atoms with Crippen LogP contribution in [0.1, 0.15) is 35.9 Å². The summed E-state index contributed by atoms with van der Waals surface area (Å²) in [6.45, 7) is 3.78. The number of methoxy groups -OCH3 is 1. The van der Waals surface area contributed by atoms with E-state index < -0.39 is 0 Å². The number of amides is 1. The second kappa shape index (κ2) is 6.55. The van der Waals surface area contributed by atoms with Crippen molar-refractivity contribution in [1.29, 1.82) is 0 Å². The van der Waals surface area contributed by atoms with Crippen molar-refractivity contribution in [2.24, 2.45) is 0 Å². The molecule has 0 saturated heterocycles. The molecule has 0 unspecified atom stereocenters. The van der Waals surface area contributed by atoms with Gasteiger partial charge >= 0.3 is 5.97 Å². The molecule has 1 aliphatic carbocycles. The summed E-state index contributed by atoms with van der Waals surface area (Å²) >= 11 is 0. The predicted octanol–water partition coefficient (Wildman–Crippen LogP) is 2.92. The van der Waals surface area contributed by atoms with Gasteiger partial charge in [-0.2, -0.15) is 0 Å². The Morgan fingerprint density at radius 1 is 1.33 bits per heavy atom. The van der Waals surface area contributed by atoms with Crippen LogP contribution in [-0.4, -0.2) is 43.1 Å². The number of fused-ring (bicyclic) bond motifs is 1. The molecule has 6 heteroatoms. The Bertz CT molecular complexity index is 775. The summed E-state index contributed by atoms with van der Waals surface area (Å²) in [4.78, 5) is 26.5. The third kappa shape index (κ3) is 3.09. The van der Waals surface area contributed by atoms with Crippen LogP contribution in [0.4, 0.5) is 0 Å². The number of hydrogen-bond donors (Lipinski definition) is 0. The van der Waals surface area contributed by atoms with Crippen LogP contribution in [0.5, 0.6) is 5.75 Å². The topological polar surface area (TPSA) is 69.0 Å². The maximum Gasteiger partial charge on any atom is 0.325 e. The van der Waals surface area contributed by atoms with Gasteiger partial charge in [0.05, 0.1) is 19.3 Å². The van der Waals surface area contributed by atoms with Gasteiger partial charge in [0.25, 0.3) is 5.91 Å². The van der Waals surface area contributed by atoms with E-state index in [2.05, 4.69) is 0 Å². The highest BCUT2D eigenvalue weighted by molar-refractivity contribution is 6.08. The standard InChI is InChI=1S/C18H21NO5/c1-4-23-16(20)10-19(12-5-6-12)18(21)17-11(2)24-15-8-7-13(22-3)9-14(15)17/h7-9,12H,4-6,10H2,1-3H3. The number of carbonyl (C=O) groups excluding carboxylic acids is 2. The van der Waals surface area contributed by atoms with Crippen LogP contribution in [0.3, 0.4) is 0 Å². The molecule has 0 atom stereocenters. The molecular weight excluding hydrogens is 310 g/mol. The number of nitrogens with zero attached hydrogens (tertiary/aromatic N) is 1. The molecule has 1 amide bonds. The summed E-state index contributed by atoms with van der Waals surface area (Å²) in [7, 11) is 1.58. The number of furan rings is 1. The third-order valence-corrected chi connectivity index (χ3v) is 4.14. The molecule has 1 fully saturated rings. The average Bonchev–Trinajstić information content (AvgIpc) is 3.34. The summed E-state index contributed by atoms with van der Waals surface area (Å²) in [6.07, 6.45) is 1.81. The zero-order chi connectivity index (χ0) is 17.3. The van der Waals surface area contributed by atoms with Crippen molar-refractivity contribution >= 4 is 22.8 Å². The minimum atomic E-state index is -0.388. The second-order valence-corrected chi connectivity index (χ2v) is 5.86. The molecular formula is C18H21NO5. The van der Waals surface area contributed by atoms with Crippen molar-refractivity contribution in [2.75, 3.05) is 20.3 Å². The molecule has 3 rings (SSSR count). The van der Waals surface area contributed by atoms with E-state index in [1.54, 1.807) is 44.1 Å². The number of benzene rings is 1. The van der Waals surface area contributed by atoms with Gasteiger partial charge in [-0.05, 0) is 44.9 Å². The van der Waals surface area contributed by atoms with Crippen LogP contribution in [0, 0.1) is 6.92 Å². The highest BCUT2D eigenvalue weighted by Gasteiger charge is 2.36. The van der Waals surface area contributed by atoms with Crippen LogP contribution >= 0.6 is 0 Å². The van der Waals surface area contributed by atoms with E-state index >= 15 is 0 Å². The summed E-state index contributed by atoms with van der Waals surface area (Å²) in [6, 6.07) is 5.45. The fourth-order valence-electron chi connectivity index (χ4n) is 2.83. The normalized spacial score (nSPS) is 13.8. The first kappa shape index (κ1) is 16.4. The van der Waals surface area contributed by atoms with Gasteiger partial charge in [-0.1, -0.05) is 0 Å². The molecule has 1 aromatic heterocycles. The molecule has 1 heterocycles. The van der Waals surface area contributed by atoms with Crippen molar-refractivity contribution in [3.8, 4) is 5.75 Å². The Morgan fingerprint density at radius 3 is 2.71 bits per heavy atom. The quantitative estimate of drug-likeness (QED) is 0.761. The van der Waals surface area contributed by atoms with E-state index in [0.717, 1.165) is 12.8 Å². The van der Waals surface area contributed by atoms with Gasteiger partial charge in [0.15, 0.2) is 0 Å². The lowest BCUT2D eigenvalue weighted by atomic mass is 10.1. The molecule has 2 aromatic rings. The first-order chi connectivity index (χ1) is 11.5. The summed E-state index contributed by atoms with van der Waals surface area (Å²) in [5.41, 5.74) is 1.11. The van der Waals surface area contributed by atoms with E-state index in [1.165, 1.54) is 0 Å². The maximum atomic E-state index is 13.1. The summed E-state index contributed by atoms with van der Waals surface area (Å²) in [5, 5.41) is 0.700. The Kier molecular flexibility index (Phi) is 4.46. The minimum Gasteiger partial charge on any atom is -0.497 e. The minimum absolute atomic E-state index is 0.0343.